The van der Waals surface area contributed by atoms with E-state index in [-0.39, 0.29) is 18.1 Å². The lowest BCUT2D eigenvalue weighted by Gasteiger charge is -2.28. The van der Waals surface area contributed by atoms with Gasteiger partial charge in [0.2, 0.25) is 0 Å². The van der Waals surface area contributed by atoms with Crippen molar-refractivity contribution in [1.82, 2.24) is 4.90 Å². The lowest BCUT2D eigenvalue weighted by molar-refractivity contribution is 0.0857. The second-order valence-corrected chi connectivity index (χ2v) is 13.8. The summed E-state index contributed by atoms with van der Waals surface area (Å²) in [5.74, 6) is -0.0625. The van der Waals surface area contributed by atoms with Crippen LogP contribution in [0, 0.1) is 0 Å². The van der Waals surface area contributed by atoms with Crippen LogP contribution in [-0.2, 0) is 10.3 Å². The van der Waals surface area contributed by atoms with E-state index in [0.29, 0.717) is 0 Å². The minimum atomic E-state index is -1.43. The Bertz CT molecular complexity index is 1050. The molecule has 164 valence electrons. The molecule has 4 nitrogen and oxygen atoms in total. The van der Waals surface area contributed by atoms with Crippen molar-refractivity contribution in [2.24, 2.45) is 0 Å². The van der Waals surface area contributed by atoms with Crippen LogP contribution in [0.4, 0.5) is 4.79 Å². The highest BCUT2D eigenvalue weighted by molar-refractivity contribution is 7.74. The summed E-state index contributed by atoms with van der Waals surface area (Å²) in [6, 6.07) is 29.6. The highest BCUT2D eigenvalue weighted by atomic mass is 31.2. The second-order valence-electron chi connectivity index (χ2n) is 9.01. The van der Waals surface area contributed by atoms with E-state index in [1.165, 1.54) is 4.90 Å². The van der Waals surface area contributed by atoms with Gasteiger partial charge in [-0.05, 0) is 5.56 Å². The third-order valence-corrected chi connectivity index (χ3v) is 8.02. The fraction of sp³-hybridized carbons (Fsp3) is 0.222. The van der Waals surface area contributed by atoms with Crippen LogP contribution >= 0.6 is 7.26 Å². The molecule has 1 heterocycles. The van der Waals surface area contributed by atoms with E-state index in [1.807, 2.05) is 84.9 Å². The number of carbonyl (C=O) groups excluding carboxylic acids is 1. The van der Waals surface area contributed by atoms with Crippen LogP contribution in [0.1, 0.15) is 22.3 Å². The van der Waals surface area contributed by atoms with E-state index in [4.69, 9.17) is 4.74 Å². The predicted molar refractivity (Wildman–Crippen MR) is 131 cm³/mol. The van der Waals surface area contributed by atoms with Gasteiger partial charge in [-0.3, -0.25) is 0 Å². The molecule has 1 aliphatic heterocycles. The first-order valence-corrected chi connectivity index (χ1v) is 13.9. The summed E-state index contributed by atoms with van der Waals surface area (Å²) in [7, 11) is -1.43. The largest absolute Gasteiger partial charge is 0.494 e. The quantitative estimate of drug-likeness (QED) is 0.351. The third-order valence-electron chi connectivity index (χ3n) is 5.90. The number of cyclic esters (lactones) is 1. The van der Waals surface area contributed by atoms with Gasteiger partial charge >= 0.3 is 6.09 Å². The van der Waals surface area contributed by atoms with E-state index in [2.05, 4.69) is 32.1 Å². The number of allylic oxidation sites excluding steroid dienone is 1. The van der Waals surface area contributed by atoms with Gasteiger partial charge in [0.15, 0.2) is 11.5 Å². The molecular weight excluding hydrogens is 417 g/mol. The van der Waals surface area contributed by atoms with Gasteiger partial charge in [-0.15, -0.1) is 0 Å². The van der Waals surface area contributed by atoms with Crippen molar-refractivity contribution in [2.45, 2.75) is 11.3 Å². The molecule has 3 aromatic rings. The molecule has 5 heteroatoms. The zero-order valence-electron chi connectivity index (χ0n) is 18.7. The van der Waals surface area contributed by atoms with Crippen molar-refractivity contribution in [3.05, 3.63) is 120 Å². The van der Waals surface area contributed by atoms with Crippen molar-refractivity contribution in [1.29, 1.82) is 0 Å². The number of benzene rings is 3. The maximum absolute atomic E-state index is 13.1. The van der Waals surface area contributed by atoms with Crippen LogP contribution in [-0.4, -0.2) is 42.6 Å². The zero-order chi connectivity index (χ0) is 22.8. The summed E-state index contributed by atoms with van der Waals surface area (Å²) < 4.78 is 6.02. The number of ether oxygens (including phenoxy) is 1. The summed E-state index contributed by atoms with van der Waals surface area (Å²) in [6.07, 6.45) is 1.27. The Kier molecular flexibility index (Phi) is 6.08. The predicted octanol–water partition coefficient (Wildman–Crippen LogP) is 6.43. The molecule has 1 saturated heterocycles. The molecule has 0 aliphatic carbocycles. The number of aliphatic hydroxyl groups excluding tert-OH is 1. The maximum Gasteiger partial charge on any atom is 0.418 e. The lowest BCUT2D eigenvalue weighted by Crippen LogP contribution is -2.33. The monoisotopic (exact) mass is 446 g/mol. The number of hydrogen-bond acceptors (Lipinski definition) is 3. The first kappa shape index (κ1) is 22.1. The molecule has 1 fully saturated rings. The Morgan fingerprint density at radius 1 is 0.906 bits per heavy atom. The topological polar surface area (TPSA) is 49.8 Å². The lowest BCUT2D eigenvalue weighted by atomic mass is 9.86. The van der Waals surface area contributed by atoms with Gasteiger partial charge in [-0.1, -0.05) is 91.0 Å². The number of rotatable bonds is 6. The van der Waals surface area contributed by atoms with Gasteiger partial charge in [0.05, 0.1) is 6.54 Å². The molecule has 1 unspecified atom stereocenters. The molecule has 1 aliphatic rings. The Balaban J connectivity index is 1.74. The van der Waals surface area contributed by atoms with Gasteiger partial charge < -0.3 is 9.84 Å². The Labute approximate surface area is 190 Å². The van der Waals surface area contributed by atoms with Crippen LogP contribution < -0.4 is 0 Å². The van der Waals surface area contributed by atoms with E-state index in [0.717, 1.165) is 16.7 Å². The van der Waals surface area contributed by atoms with Crippen LogP contribution in [0.25, 0.3) is 0 Å². The average molecular weight is 447 g/mol. The molecule has 1 amide bonds. The van der Waals surface area contributed by atoms with Crippen LogP contribution in [0.15, 0.2) is 103 Å². The number of amides is 1. The Hall–Kier alpha value is -3.10. The number of hydrogen-bond donors (Lipinski definition) is 1. The summed E-state index contributed by atoms with van der Waals surface area (Å²) in [6.45, 7) is 6.89. The molecule has 0 aromatic heterocycles. The Morgan fingerprint density at radius 3 is 1.84 bits per heavy atom. The molecule has 1 atom stereocenters. The molecule has 1 N–H and O–H groups in total. The maximum atomic E-state index is 13.1. The first-order valence-electron chi connectivity index (χ1n) is 10.7. The molecule has 0 radical (unpaired) electrons. The highest BCUT2D eigenvalue weighted by Gasteiger charge is 2.49. The average Bonchev–Trinajstić information content (AvgIpc) is 3.17. The minimum Gasteiger partial charge on any atom is -0.494 e. The number of aliphatic hydroxyl groups is 1. The van der Waals surface area contributed by atoms with Crippen LogP contribution in [0.2, 0.25) is 0 Å². The van der Waals surface area contributed by atoms with E-state index in [1.54, 1.807) is 0 Å². The molecule has 0 spiro atoms. The van der Waals surface area contributed by atoms with Crippen molar-refractivity contribution < 1.29 is 14.6 Å². The molecular formula is C27H29NO3P+. The standard InChI is InChI=1S/C27H28NO3P/c1-32(2,3)24(21-13-7-4-8-14-21)19-25(29)28-20-27(31-26(28)30,22-15-9-5-10-16-22)23-17-11-6-12-18-23/h4-19,24H,20H2,1-3H3/p+1/b25-19-. The van der Waals surface area contributed by atoms with Crippen LogP contribution in [0.5, 0.6) is 0 Å². The van der Waals surface area contributed by atoms with Gasteiger partial charge in [-0.2, -0.15) is 0 Å². The fourth-order valence-electron chi connectivity index (χ4n) is 4.23. The van der Waals surface area contributed by atoms with E-state index < -0.39 is 19.0 Å². The summed E-state index contributed by atoms with van der Waals surface area (Å²) >= 11 is 0. The van der Waals surface area contributed by atoms with Crippen LogP contribution in [0.3, 0.4) is 0 Å². The molecule has 4 rings (SSSR count). The molecule has 3 aromatic carbocycles. The Morgan fingerprint density at radius 2 is 1.38 bits per heavy atom. The SMILES string of the molecule is C[P+](C)(C)C(/C=C(\O)N1CC(c2ccccc2)(c2ccccc2)OC1=O)c1ccccc1. The normalized spacial score (nSPS) is 17.2. The third kappa shape index (κ3) is 4.28. The summed E-state index contributed by atoms with van der Waals surface area (Å²) in [5, 5.41) is 11.1. The first-order chi connectivity index (χ1) is 15.3. The fourth-order valence-corrected chi connectivity index (χ4v) is 5.88. The van der Waals surface area contributed by atoms with Gasteiger partial charge in [0.1, 0.15) is 5.66 Å². The van der Waals surface area contributed by atoms with Gasteiger partial charge in [-0.25, -0.2) is 9.69 Å². The zero-order valence-corrected chi connectivity index (χ0v) is 19.6. The molecule has 0 saturated carbocycles. The van der Waals surface area contributed by atoms with Crippen molar-refractivity contribution in [3.8, 4) is 0 Å². The van der Waals surface area contributed by atoms with Gasteiger partial charge in [0.25, 0.3) is 0 Å². The van der Waals surface area contributed by atoms with E-state index >= 15 is 0 Å². The summed E-state index contributed by atoms with van der Waals surface area (Å²) in [4.78, 5) is 14.4. The molecule has 0 bridgehead atoms. The van der Waals surface area contributed by atoms with Crippen molar-refractivity contribution >= 4 is 13.4 Å². The second kappa shape index (κ2) is 8.80. The number of nitrogens with zero attached hydrogens (tertiary/aromatic N) is 1. The highest BCUT2D eigenvalue weighted by Crippen LogP contribution is 2.61. The smallest absolute Gasteiger partial charge is 0.418 e. The number of carbonyl (C=O) groups is 1. The molecule has 32 heavy (non-hydrogen) atoms. The minimum absolute atomic E-state index is 0.0277. The van der Waals surface area contributed by atoms with Crippen molar-refractivity contribution in [2.75, 3.05) is 26.5 Å². The van der Waals surface area contributed by atoms with Gasteiger partial charge in [0, 0.05) is 44.5 Å². The summed E-state index contributed by atoms with van der Waals surface area (Å²) in [5.41, 5.74) is 1.92. The van der Waals surface area contributed by atoms with E-state index in [9.17, 15) is 9.90 Å². The van der Waals surface area contributed by atoms with Crippen molar-refractivity contribution in [3.63, 3.8) is 0 Å².